The number of nitrogens with one attached hydrogen (secondary N) is 2. The molecule has 4 N–H and O–H groups in total. The van der Waals surface area contributed by atoms with Crippen molar-refractivity contribution in [1.82, 2.24) is 14.9 Å². The van der Waals surface area contributed by atoms with Crippen molar-refractivity contribution in [3.63, 3.8) is 0 Å². The lowest BCUT2D eigenvalue weighted by Crippen LogP contribution is -2.29. The average Bonchev–Trinajstić information content (AvgIpc) is 3.01. The second kappa shape index (κ2) is 8.17. The maximum absolute atomic E-state index is 11.5. The first-order valence-corrected chi connectivity index (χ1v) is 8.66. The second-order valence-corrected chi connectivity index (χ2v) is 6.02. The van der Waals surface area contributed by atoms with Crippen LogP contribution >= 0.6 is 8.25 Å². The molecule has 0 amide bonds. The first kappa shape index (κ1) is 19.0. The Bertz CT molecular complexity index is 913. The number of nitro benzene ring substituents is 1. The highest BCUT2D eigenvalue weighted by atomic mass is 31.1. The number of likely N-dealkylation sites (tertiary alicyclic amines) is 1. The van der Waals surface area contributed by atoms with E-state index in [0.717, 1.165) is 25.9 Å². The first-order valence-electron chi connectivity index (χ1n) is 7.36. The lowest BCUT2D eigenvalue weighted by Gasteiger charge is -2.15. The molecule has 0 unspecified atom stereocenters. The van der Waals surface area contributed by atoms with Gasteiger partial charge in [0.2, 0.25) is 0 Å². The smallest absolute Gasteiger partial charge is 0.314 e. The van der Waals surface area contributed by atoms with E-state index in [-0.39, 0.29) is 11.2 Å². The van der Waals surface area contributed by atoms with E-state index in [1.807, 2.05) is 0 Å². The molecule has 11 nitrogen and oxygen atoms in total. The van der Waals surface area contributed by atoms with Gasteiger partial charge in [-0.1, -0.05) is 0 Å². The summed E-state index contributed by atoms with van der Waals surface area (Å²) >= 11 is 0. The summed E-state index contributed by atoms with van der Waals surface area (Å²) in [4.78, 5) is 54.8. The van der Waals surface area contributed by atoms with Crippen molar-refractivity contribution < 1.29 is 19.3 Å². The standard InChI is InChI=1S/C13H14N4O4.H3O3P/c18-12-13(19)15-11-8(7-16-3-1-2-4-16)5-9(17(20)21)6-10(11)14-12;1-4(2)3/h5-6H,1-4,7H2,(H,14,18)(H,15,19);4H,(H2,1,2,3). The molecule has 1 aliphatic rings. The zero-order valence-electron chi connectivity index (χ0n) is 13.0. The van der Waals surface area contributed by atoms with Crippen molar-refractivity contribution >= 4 is 25.0 Å². The van der Waals surface area contributed by atoms with Crippen LogP contribution in [0.2, 0.25) is 0 Å². The number of aromatic amines is 2. The molecule has 0 spiro atoms. The van der Waals surface area contributed by atoms with E-state index < -0.39 is 24.3 Å². The zero-order valence-corrected chi connectivity index (χ0v) is 14.0. The number of rotatable bonds is 3. The largest absolute Gasteiger partial charge is 0.326 e. The van der Waals surface area contributed by atoms with E-state index in [1.54, 1.807) is 0 Å². The maximum Gasteiger partial charge on any atom is 0.314 e. The van der Waals surface area contributed by atoms with Crippen LogP contribution in [0.25, 0.3) is 11.0 Å². The Morgan fingerprint density at radius 3 is 2.28 bits per heavy atom. The maximum atomic E-state index is 11.5. The van der Waals surface area contributed by atoms with Gasteiger partial charge in [-0.2, -0.15) is 0 Å². The molecule has 0 atom stereocenters. The molecule has 1 fully saturated rings. The lowest BCUT2D eigenvalue weighted by atomic mass is 10.1. The van der Waals surface area contributed by atoms with Crippen molar-refractivity contribution in [3.05, 3.63) is 48.5 Å². The number of H-pyrrole nitrogens is 2. The Hall–Kier alpha value is -2.33. The van der Waals surface area contributed by atoms with Crippen LogP contribution in [0.1, 0.15) is 18.4 Å². The van der Waals surface area contributed by atoms with Crippen LogP contribution in [0.15, 0.2) is 21.7 Å². The lowest BCUT2D eigenvalue weighted by molar-refractivity contribution is -0.384. The van der Waals surface area contributed by atoms with Crippen LogP contribution < -0.4 is 11.1 Å². The van der Waals surface area contributed by atoms with E-state index >= 15 is 0 Å². The minimum absolute atomic E-state index is 0.0978. The zero-order chi connectivity index (χ0) is 18.6. The number of fused-ring (bicyclic) bond motifs is 1. The number of hydrogen-bond donors (Lipinski definition) is 4. The number of benzene rings is 1. The van der Waals surface area contributed by atoms with Gasteiger partial charge >= 0.3 is 19.4 Å². The van der Waals surface area contributed by atoms with Crippen molar-refractivity contribution in [1.29, 1.82) is 0 Å². The first-order chi connectivity index (χ1) is 11.8. The normalized spacial score (nSPS) is 14.5. The van der Waals surface area contributed by atoms with Crippen molar-refractivity contribution in [2.45, 2.75) is 19.4 Å². The Kier molecular flexibility index (Phi) is 6.21. The van der Waals surface area contributed by atoms with Crippen molar-refractivity contribution in [3.8, 4) is 0 Å². The van der Waals surface area contributed by atoms with Crippen LogP contribution in [0, 0.1) is 10.1 Å². The summed E-state index contributed by atoms with van der Waals surface area (Å²) in [6.45, 7) is 2.37. The summed E-state index contributed by atoms with van der Waals surface area (Å²) in [6, 6.07) is 2.72. The van der Waals surface area contributed by atoms with Crippen molar-refractivity contribution in [2.75, 3.05) is 13.1 Å². The average molecular weight is 372 g/mol. The fourth-order valence-electron chi connectivity index (χ4n) is 2.69. The Balaban J connectivity index is 0.000000511. The molecule has 136 valence electrons. The number of nitro groups is 1. The number of non-ortho nitro benzene ring substituents is 1. The SMILES string of the molecule is O=[PH](O)O.O=c1[nH]c2cc([N+](=O)[O-])cc(CN3CCCC3)c2[nH]c1=O. The highest BCUT2D eigenvalue weighted by Crippen LogP contribution is 2.24. The molecule has 1 saturated heterocycles. The molecule has 1 aliphatic heterocycles. The number of hydrogen-bond acceptors (Lipinski definition) is 6. The van der Waals surface area contributed by atoms with Gasteiger partial charge in [-0.15, -0.1) is 0 Å². The van der Waals surface area contributed by atoms with E-state index in [1.165, 1.54) is 12.1 Å². The van der Waals surface area contributed by atoms with Gasteiger partial charge < -0.3 is 19.8 Å². The van der Waals surface area contributed by atoms with Gasteiger partial charge in [0.15, 0.2) is 0 Å². The monoisotopic (exact) mass is 372 g/mol. The quantitative estimate of drug-likeness (QED) is 0.254. The highest BCUT2D eigenvalue weighted by molar-refractivity contribution is 7.30. The summed E-state index contributed by atoms with van der Waals surface area (Å²) in [5, 5.41) is 11.0. The minimum Gasteiger partial charge on any atom is -0.326 e. The molecular weight excluding hydrogens is 355 g/mol. The van der Waals surface area contributed by atoms with Gasteiger partial charge in [-0.05, 0) is 31.5 Å². The van der Waals surface area contributed by atoms with Crippen LogP contribution in [0.4, 0.5) is 5.69 Å². The van der Waals surface area contributed by atoms with Crippen LogP contribution in [0.3, 0.4) is 0 Å². The molecule has 1 aromatic carbocycles. The molecule has 0 aliphatic carbocycles. The van der Waals surface area contributed by atoms with Gasteiger partial charge in [0.1, 0.15) is 0 Å². The van der Waals surface area contributed by atoms with Crippen LogP contribution in [-0.4, -0.2) is 42.7 Å². The van der Waals surface area contributed by atoms with E-state index in [4.69, 9.17) is 14.4 Å². The fraction of sp³-hybridized carbons (Fsp3) is 0.385. The topological polar surface area (TPSA) is 170 Å². The minimum atomic E-state index is -3.13. The Labute approximate surface area is 141 Å². The highest BCUT2D eigenvalue weighted by Gasteiger charge is 2.18. The molecule has 3 rings (SSSR count). The third-order valence-electron chi connectivity index (χ3n) is 3.70. The van der Waals surface area contributed by atoms with Gasteiger partial charge in [-0.25, -0.2) is 0 Å². The Morgan fingerprint density at radius 1 is 1.16 bits per heavy atom. The van der Waals surface area contributed by atoms with Crippen molar-refractivity contribution in [2.24, 2.45) is 0 Å². The molecule has 2 heterocycles. The van der Waals surface area contributed by atoms with E-state index in [0.29, 0.717) is 17.6 Å². The van der Waals surface area contributed by atoms with E-state index in [9.17, 15) is 19.7 Å². The van der Waals surface area contributed by atoms with Gasteiger partial charge in [-0.3, -0.25) is 29.2 Å². The molecule has 25 heavy (non-hydrogen) atoms. The summed E-state index contributed by atoms with van der Waals surface area (Å²) in [5.74, 6) is 0. The summed E-state index contributed by atoms with van der Waals surface area (Å²) < 4.78 is 8.74. The molecule has 0 bridgehead atoms. The van der Waals surface area contributed by atoms with E-state index in [2.05, 4.69) is 14.9 Å². The molecular formula is C13H17N4O7P. The fourth-order valence-corrected chi connectivity index (χ4v) is 2.69. The molecule has 12 heteroatoms. The molecule has 2 aromatic rings. The Morgan fingerprint density at radius 2 is 1.72 bits per heavy atom. The number of nitrogens with zero attached hydrogens (tertiary/aromatic N) is 2. The van der Waals surface area contributed by atoms with Gasteiger partial charge in [0, 0.05) is 18.7 Å². The van der Waals surface area contributed by atoms with Crippen LogP contribution in [0.5, 0.6) is 0 Å². The summed E-state index contributed by atoms with van der Waals surface area (Å²) in [7, 11) is -3.13. The third-order valence-corrected chi connectivity index (χ3v) is 3.70. The molecule has 1 aromatic heterocycles. The predicted octanol–water partition coefficient (Wildman–Crippen LogP) is 0.0811. The predicted molar refractivity (Wildman–Crippen MR) is 89.8 cm³/mol. The molecule has 0 radical (unpaired) electrons. The summed E-state index contributed by atoms with van der Waals surface area (Å²) in [6.07, 6.45) is 2.19. The third kappa shape index (κ3) is 5.07. The van der Waals surface area contributed by atoms with Gasteiger partial charge in [0.25, 0.3) is 5.69 Å². The number of aromatic nitrogens is 2. The van der Waals surface area contributed by atoms with Gasteiger partial charge in [0.05, 0.1) is 16.0 Å². The van der Waals surface area contributed by atoms with Crippen LogP contribution in [-0.2, 0) is 11.1 Å². The summed E-state index contributed by atoms with van der Waals surface area (Å²) in [5.41, 5.74) is -0.275. The molecule has 0 saturated carbocycles. The second-order valence-electron chi connectivity index (χ2n) is 5.46.